The quantitative estimate of drug-likeness (QED) is 0.456. The molecule has 6 nitrogen and oxygen atoms in total. The minimum Gasteiger partial charge on any atom is -0.508 e. The van der Waals surface area contributed by atoms with E-state index in [-0.39, 0.29) is 33.0 Å². The van der Waals surface area contributed by atoms with E-state index in [9.17, 15) is 23.1 Å². The van der Waals surface area contributed by atoms with E-state index in [0.29, 0.717) is 12.0 Å². The highest BCUT2D eigenvalue weighted by atomic mass is 32.2. The zero-order chi connectivity index (χ0) is 23.3. The van der Waals surface area contributed by atoms with Crippen LogP contribution in [0, 0.1) is 0 Å². The van der Waals surface area contributed by atoms with Crippen LogP contribution in [0.5, 0.6) is 5.75 Å². The van der Waals surface area contributed by atoms with E-state index in [4.69, 9.17) is 0 Å². The van der Waals surface area contributed by atoms with Crippen molar-refractivity contribution < 1.29 is 23.1 Å². The van der Waals surface area contributed by atoms with Gasteiger partial charge in [-0.25, -0.2) is 8.42 Å². The van der Waals surface area contributed by atoms with Crippen LogP contribution in [0.25, 0.3) is 11.1 Å². The van der Waals surface area contributed by atoms with Crippen LogP contribution in [0.2, 0.25) is 0 Å². The van der Waals surface area contributed by atoms with Crippen molar-refractivity contribution >= 4 is 38.4 Å². The molecule has 0 fully saturated rings. The molecular formula is C24H23NO5S2. The fraction of sp³-hybridized carbons (Fsp3) is 0.167. The Kier molecular flexibility index (Phi) is 7.37. The smallest absolute Gasteiger partial charge is 0.261 e. The molecule has 32 heavy (non-hydrogen) atoms. The maximum absolute atomic E-state index is 13.0. The number of hydrogen-bond donors (Lipinski definition) is 2. The van der Waals surface area contributed by atoms with Gasteiger partial charge in [0.05, 0.1) is 10.6 Å². The number of benzene rings is 3. The number of thioether (sulfide) groups is 1. The SMILES string of the molecule is CCc1cc(S(=O)(=O)Nc2cccc(C(=O)CSC(C)=O)c2)ccc1-c1ccc(O)cc1. The Morgan fingerprint density at radius 2 is 1.72 bits per heavy atom. The lowest BCUT2D eigenvalue weighted by Crippen LogP contribution is -2.14. The van der Waals surface area contributed by atoms with Crippen molar-refractivity contribution in [2.75, 3.05) is 10.5 Å². The Hall–Kier alpha value is -3.10. The van der Waals surface area contributed by atoms with Crippen LogP contribution in [0.1, 0.15) is 29.8 Å². The molecule has 3 aromatic carbocycles. The van der Waals surface area contributed by atoms with Crippen LogP contribution in [0.3, 0.4) is 0 Å². The van der Waals surface area contributed by atoms with Gasteiger partial charge in [-0.05, 0) is 59.5 Å². The second kappa shape index (κ2) is 10.0. The average Bonchev–Trinajstić information content (AvgIpc) is 2.77. The summed E-state index contributed by atoms with van der Waals surface area (Å²) in [6.45, 7) is 3.33. The van der Waals surface area contributed by atoms with Gasteiger partial charge in [0.15, 0.2) is 10.9 Å². The van der Waals surface area contributed by atoms with Crippen LogP contribution < -0.4 is 4.72 Å². The number of hydrogen-bond acceptors (Lipinski definition) is 6. The summed E-state index contributed by atoms with van der Waals surface area (Å²) in [5.74, 6) is -0.0852. The Morgan fingerprint density at radius 1 is 1.00 bits per heavy atom. The molecule has 8 heteroatoms. The predicted octanol–water partition coefficient (Wildman–Crippen LogP) is 4.88. The maximum Gasteiger partial charge on any atom is 0.261 e. The number of phenolic OH excluding ortho intramolecular Hbond substituents is 1. The molecular weight excluding hydrogens is 446 g/mol. The lowest BCUT2D eigenvalue weighted by atomic mass is 9.98. The lowest BCUT2D eigenvalue weighted by Gasteiger charge is -2.13. The molecule has 0 aromatic heterocycles. The van der Waals surface area contributed by atoms with E-state index < -0.39 is 10.0 Å². The number of aromatic hydroxyl groups is 1. The summed E-state index contributed by atoms with van der Waals surface area (Å²) in [6.07, 6.45) is 0.622. The molecule has 0 amide bonds. The zero-order valence-electron chi connectivity index (χ0n) is 17.7. The Balaban J connectivity index is 1.85. The van der Waals surface area contributed by atoms with Gasteiger partial charge in [-0.3, -0.25) is 14.3 Å². The zero-order valence-corrected chi connectivity index (χ0v) is 19.3. The summed E-state index contributed by atoms with van der Waals surface area (Å²) >= 11 is 0.913. The number of carbonyl (C=O) groups excluding carboxylic acids is 2. The molecule has 0 aliphatic rings. The highest BCUT2D eigenvalue weighted by Gasteiger charge is 2.18. The van der Waals surface area contributed by atoms with Crippen molar-refractivity contribution in [1.29, 1.82) is 0 Å². The molecule has 166 valence electrons. The largest absolute Gasteiger partial charge is 0.508 e. The third-order valence-corrected chi connectivity index (χ3v) is 6.98. The van der Waals surface area contributed by atoms with E-state index in [1.165, 1.54) is 19.1 Å². The molecule has 3 rings (SSSR count). The second-order valence-corrected chi connectivity index (χ2v) is 9.94. The van der Waals surface area contributed by atoms with Gasteiger partial charge in [-0.15, -0.1) is 0 Å². The maximum atomic E-state index is 13.0. The molecule has 0 atom stereocenters. The Morgan fingerprint density at radius 3 is 2.38 bits per heavy atom. The minimum absolute atomic E-state index is 0.00409. The highest BCUT2D eigenvalue weighted by molar-refractivity contribution is 8.14. The van der Waals surface area contributed by atoms with Crippen molar-refractivity contribution in [1.82, 2.24) is 0 Å². The molecule has 0 spiro atoms. The molecule has 0 radical (unpaired) electrons. The van der Waals surface area contributed by atoms with Crippen LogP contribution in [0.4, 0.5) is 5.69 Å². The van der Waals surface area contributed by atoms with Crippen molar-refractivity contribution in [3.8, 4) is 16.9 Å². The first kappa shape index (κ1) is 23.6. The molecule has 0 heterocycles. The lowest BCUT2D eigenvalue weighted by molar-refractivity contribution is -0.109. The van der Waals surface area contributed by atoms with Crippen molar-refractivity contribution in [3.63, 3.8) is 0 Å². The molecule has 0 saturated carbocycles. The molecule has 2 N–H and O–H groups in total. The summed E-state index contributed by atoms with van der Waals surface area (Å²) in [6, 6.07) is 17.9. The topological polar surface area (TPSA) is 101 Å². The first-order valence-electron chi connectivity index (χ1n) is 9.91. The van der Waals surface area contributed by atoms with Gasteiger partial charge in [0.2, 0.25) is 0 Å². The number of carbonyl (C=O) groups is 2. The van der Waals surface area contributed by atoms with Crippen molar-refractivity contribution in [3.05, 3.63) is 77.9 Å². The summed E-state index contributed by atoms with van der Waals surface area (Å²) in [7, 11) is -3.88. The third-order valence-electron chi connectivity index (χ3n) is 4.79. The fourth-order valence-electron chi connectivity index (χ4n) is 3.17. The predicted molar refractivity (Wildman–Crippen MR) is 128 cm³/mol. The van der Waals surface area contributed by atoms with Gasteiger partial charge >= 0.3 is 0 Å². The summed E-state index contributed by atoms with van der Waals surface area (Å²) < 4.78 is 28.5. The van der Waals surface area contributed by atoms with Crippen LogP contribution in [0.15, 0.2) is 71.6 Å². The van der Waals surface area contributed by atoms with Gasteiger partial charge in [-0.2, -0.15) is 0 Å². The number of anilines is 1. The molecule has 0 aliphatic carbocycles. The third kappa shape index (κ3) is 5.77. The Labute approximate surface area is 191 Å². The fourth-order valence-corrected chi connectivity index (χ4v) is 4.77. The number of rotatable bonds is 8. The number of aryl methyl sites for hydroxylation is 1. The van der Waals surface area contributed by atoms with Crippen LogP contribution in [-0.4, -0.2) is 30.2 Å². The number of ketones is 1. The van der Waals surface area contributed by atoms with Crippen molar-refractivity contribution in [2.45, 2.75) is 25.2 Å². The second-order valence-electron chi connectivity index (χ2n) is 7.11. The van der Waals surface area contributed by atoms with Crippen LogP contribution in [-0.2, 0) is 21.2 Å². The van der Waals surface area contributed by atoms with E-state index in [1.807, 2.05) is 6.92 Å². The molecule has 0 unspecified atom stereocenters. The van der Waals surface area contributed by atoms with Gasteiger partial charge in [0.25, 0.3) is 10.0 Å². The van der Waals surface area contributed by atoms with Gasteiger partial charge in [0.1, 0.15) is 5.75 Å². The van der Waals surface area contributed by atoms with Crippen LogP contribution >= 0.6 is 11.8 Å². The number of phenols is 1. The van der Waals surface area contributed by atoms with E-state index in [0.717, 1.165) is 28.5 Å². The number of sulfonamides is 1. The molecule has 0 aliphatic heterocycles. The first-order chi connectivity index (χ1) is 15.2. The molecule has 0 bridgehead atoms. The summed E-state index contributed by atoms with van der Waals surface area (Å²) in [4.78, 5) is 23.4. The summed E-state index contributed by atoms with van der Waals surface area (Å²) in [5.41, 5.74) is 3.22. The number of Topliss-reactive ketones (excluding diaryl/α,β-unsaturated/α-hetero) is 1. The van der Waals surface area contributed by atoms with Gasteiger partial charge in [-0.1, -0.05) is 49.0 Å². The normalized spacial score (nSPS) is 11.2. The van der Waals surface area contributed by atoms with Crippen molar-refractivity contribution in [2.24, 2.45) is 0 Å². The van der Waals surface area contributed by atoms with E-state index >= 15 is 0 Å². The van der Waals surface area contributed by atoms with Gasteiger partial charge in [0, 0.05) is 18.2 Å². The average molecular weight is 470 g/mol. The van der Waals surface area contributed by atoms with Gasteiger partial charge < -0.3 is 5.11 Å². The first-order valence-corrected chi connectivity index (χ1v) is 12.4. The standard InChI is InChI=1S/C24H23NO5S2/c1-3-17-14-22(11-12-23(17)18-7-9-21(27)10-8-18)32(29,30)25-20-6-4-5-19(13-20)24(28)15-31-16(2)26/h4-14,25,27H,3,15H2,1-2H3. The van der Waals surface area contributed by atoms with E-state index in [1.54, 1.807) is 54.6 Å². The van der Waals surface area contributed by atoms with E-state index in [2.05, 4.69) is 4.72 Å². The number of nitrogens with one attached hydrogen (secondary N) is 1. The highest BCUT2D eigenvalue weighted by Crippen LogP contribution is 2.29. The monoisotopic (exact) mass is 469 g/mol. The Bertz CT molecular complexity index is 1250. The summed E-state index contributed by atoms with van der Waals surface area (Å²) in [5, 5.41) is 9.35. The molecule has 3 aromatic rings. The minimum atomic E-state index is -3.88. The molecule has 0 saturated heterocycles.